The largest absolute Gasteiger partial charge is 0.364 e. The third kappa shape index (κ3) is 3.62. The minimum atomic E-state index is -0.440. The van der Waals surface area contributed by atoms with Crippen LogP contribution >= 0.6 is 23.2 Å². The van der Waals surface area contributed by atoms with Crippen molar-refractivity contribution in [1.82, 2.24) is 19.9 Å². The van der Waals surface area contributed by atoms with Gasteiger partial charge in [-0.05, 0) is 37.5 Å². The van der Waals surface area contributed by atoms with Crippen molar-refractivity contribution in [2.75, 3.05) is 24.5 Å². The fraction of sp³-hybridized carbons (Fsp3) is 0.391. The average Bonchev–Trinajstić information content (AvgIpc) is 2.75. The molecule has 0 bridgehead atoms. The Morgan fingerprint density at radius 1 is 1.31 bits per heavy atom. The van der Waals surface area contributed by atoms with Crippen LogP contribution < -0.4 is 15.8 Å². The van der Waals surface area contributed by atoms with E-state index in [1.165, 1.54) is 4.57 Å². The SMILES string of the molecule is Cc1ccnc(C(C)C)c1-n1c(=O)c(C#N)c(N2CCNC[C@@H]2C)c2cc(Cl)c(Cl)nc21. The maximum atomic E-state index is 13.9. The van der Waals surface area contributed by atoms with Gasteiger partial charge in [0.05, 0.1) is 22.1 Å². The number of aromatic nitrogens is 3. The van der Waals surface area contributed by atoms with E-state index < -0.39 is 5.56 Å². The van der Waals surface area contributed by atoms with Crippen molar-refractivity contribution in [2.45, 2.75) is 39.7 Å². The van der Waals surface area contributed by atoms with Crippen LogP contribution in [-0.2, 0) is 0 Å². The molecule has 7 nitrogen and oxygen atoms in total. The number of aryl methyl sites for hydroxylation is 1. The van der Waals surface area contributed by atoms with Crippen molar-refractivity contribution < 1.29 is 0 Å². The van der Waals surface area contributed by atoms with Gasteiger partial charge in [0.25, 0.3) is 5.56 Å². The Labute approximate surface area is 196 Å². The Morgan fingerprint density at radius 2 is 2.06 bits per heavy atom. The number of hydrogen-bond acceptors (Lipinski definition) is 6. The van der Waals surface area contributed by atoms with Crippen molar-refractivity contribution in [3.63, 3.8) is 0 Å². The Kier molecular flexibility index (Phi) is 6.13. The molecule has 0 unspecified atom stereocenters. The van der Waals surface area contributed by atoms with Crippen LogP contribution in [0.1, 0.15) is 43.5 Å². The smallest absolute Gasteiger partial charge is 0.276 e. The quantitative estimate of drug-likeness (QED) is 0.577. The van der Waals surface area contributed by atoms with Gasteiger partial charge in [-0.3, -0.25) is 14.3 Å². The second-order valence-corrected chi connectivity index (χ2v) is 9.14. The summed E-state index contributed by atoms with van der Waals surface area (Å²) in [5.41, 5.74) is 2.76. The molecular weight excluding hydrogens is 447 g/mol. The molecule has 1 N–H and O–H groups in total. The van der Waals surface area contributed by atoms with E-state index in [1.807, 2.05) is 26.8 Å². The fourth-order valence-electron chi connectivity index (χ4n) is 4.31. The number of nitrogens with zero attached hydrogens (tertiary/aromatic N) is 5. The molecule has 1 atom stereocenters. The Morgan fingerprint density at radius 3 is 2.72 bits per heavy atom. The zero-order valence-corrected chi connectivity index (χ0v) is 19.9. The highest BCUT2D eigenvalue weighted by Crippen LogP contribution is 2.36. The predicted octanol–water partition coefficient (Wildman–Crippen LogP) is 4.19. The van der Waals surface area contributed by atoms with E-state index >= 15 is 0 Å². The average molecular weight is 471 g/mol. The summed E-state index contributed by atoms with van der Waals surface area (Å²) < 4.78 is 1.48. The van der Waals surface area contributed by atoms with Crippen LogP contribution in [0.15, 0.2) is 23.1 Å². The molecule has 0 aromatic carbocycles. The number of anilines is 1. The monoisotopic (exact) mass is 470 g/mol. The van der Waals surface area contributed by atoms with Gasteiger partial charge in [0.2, 0.25) is 0 Å². The fourth-order valence-corrected chi connectivity index (χ4v) is 4.60. The minimum Gasteiger partial charge on any atom is -0.364 e. The first-order valence-electron chi connectivity index (χ1n) is 10.5. The number of rotatable bonds is 3. The highest BCUT2D eigenvalue weighted by molar-refractivity contribution is 6.41. The molecule has 166 valence electrons. The zero-order valence-electron chi connectivity index (χ0n) is 18.4. The van der Waals surface area contributed by atoms with Crippen LogP contribution in [0, 0.1) is 18.3 Å². The lowest BCUT2D eigenvalue weighted by molar-refractivity contribution is 0.501. The van der Waals surface area contributed by atoms with Crippen LogP contribution in [0.25, 0.3) is 16.7 Å². The number of hydrogen-bond donors (Lipinski definition) is 1. The molecule has 3 aromatic rings. The second-order valence-electron chi connectivity index (χ2n) is 8.37. The topological polar surface area (TPSA) is 86.8 Å². The number of fused-ring (bicyclic) bond motifs is 1. The number of piperazine rings is 1. The first-order chi connectivity index (χ1) is 15.3. The summed E-state index contributed by atoms with van der Waals surface area (Å²) >= 11 is 12.7. The Bertz CT molecular complexity index is 1310. The molecule has 0 spiro atoms. The number of nitriles is 1. The van der Waals surface area contributed by atoms with Crippen LogP contribution in [-0.4, -0.2) is 40.2 Å². The van der Waals surface area contributed by atoms with Crippen molar-refractivity contribution >= 4 is 39.9 Å². The zero-order chi connectivity index (χ0) is 23.2. The van der Waals surface area contributed by atoms with Gasteiger partial charge < -0.3 is 10.2 Å². The number of halogens is 2. The van der Waals surface area contributed by atoms with E-state index in [4.69, 9.17) is 23.2 Å². The van der Waals surface area contributed by atoms with Gasteiger partial charge in [0, 0.05) is 37.3 Å². The molecule has 0 amide bonds. The van der Waals surface area contributed by atoms with E-state index in [1.54, 1.807) is 12.3 Å². The van der Waals surface area contributed by atoms with Crippen molar-refractivity contribution in [1.29, 1.82) is 5.26 Å². The van der Waals surface area contributed by atoms with Crippen molar-refractivity contribution in [2.24, 2.45) is 0 Å². The molecule has 9 heteroatoms. The predicted molar refractivity (Wildman–Crippen MR) is 128 cm³/mol. The summed E-state index contributed by atoms with van der Waals surface area (Å²) in [6, 6.07) is 5.79. The number of nitrogens with one attached hydrogen (secondary N) is 1. The van der Waals surface area contributed by atoms with E-state index in [-0.39, 0.29) is 27.7 Å². The molecule has 3 aromatic heterocycles. The molecule has 0 aliphatic carbocycles. The summed E-state index contributed by atoms with van der Waals surface area (Å²) in [5.74, 6) is 0.0491. The molecule has 1 fully saturated rings. The van der Waals surface area contributed by atoms with Crippen LogP contribution in [0.3, 0.4) is 0 Å². The van der Waals surface area contributed by atoms with Gasteiger partial charge in [-0.15, -0.1) is 0 Å². The molecule has 0 saturated carbocycles. The molecule has 1 aliphatic rings. The van der Waals surface area contributed by atoms with E-state index in [9.17, 15) is 10.1 Å². The molecule has 0 radical (unpaired) electrons. The van der Waals surface area contributed by atoms with Gasteiger partial charge in [0.15, 0.2) is 5.65 Å². The Balaban J connectivity index is 2.21. The minimum absolute atomic E-state index is 0.0491. The second kappa shape index (κ2) is 8.70. The lowest BCUT2D eigenvalue weighted by atomic mass is 10.0. The van der Waals surface area contributed by atoms with Gasteiger partial charge in [-0.1, -0.05) is 37.0 Å². The van der Waals surface area contributed by atoms with Crippen LogP contribution in [0.4, 0.5) is 5.69 Å². The normalized spacial score (nSPS) is 16.6. The third-order valence-corrected chi connectivity index (χ3v) is 6.53. The van der Waals surface area contributed by atoms with Gasteiger partial charge >= 0.3 is 0 Å². The molecule has 4 rings (SSSR count). The van der Waals surface area contributed by atoms with Crippen LogP contribution in [0.5, 0.6) is 0 Å². The molecular formula is C23H24Cl2N6O. The van der Waals surface area contributed by atoms with Gasteiger partial charge in [-0.25, -0.2) is 4.98 Å². The maximum Gasteiger partial charge on any atom is 0.276 e. The summed E-state index contributed by atoms with van der Waals surface area (Å²) in [6.07, 6.45) is 1.72. The lowest BCUT2D eigenvalue weighted by Crippen LogP contribution is -2.50. The number of pyridine rings is 3. The molecule has 32 heavy (non-hydrogen) atoms. The Hall–Kier alpha value is -2.66. The lowest BCUT2D eigenvalue weighted by Gasteiger charge is -2.37. The summed E-state index contributed by atoms with van der Waals surface area (Å²) in [6.45, 7) is 10.1. The first kappa shape index (κ1) is 22.5. The van der Waals surface area contributed by atoms with Crippen molar-refractivity contribution in [3.05, 3.63) is 55.7 Å². The van der Waals surface area contributed by atoms with E-state index in [2.05, 4.69) is 33.2 Å². The molecule has 4 heterocycles. The van der Waals surface area contributed by atoms with E-state index in [0.29, 0.717) is 29.0 Å². The molecule has 1 saturated heterocycles. The van der Waals surface area contributed by atoms with Gasteiger partial charge in [0.1, 0.15) is 16.8 Å². The first-order valence-corrected chi connectivity index (χ1v) is 11.3. The summed E-state index contributed by atoms with van der Waals surface area (Å²) in [7, 11) is 0. The van der Waals surface area contributed by atoms with Crippen molar-refractivity contribution in [3.8, 4) is 11.8 Å². The summed E-state index contributed by atoms with van der Waals surface area (Å²) in [4.78, 5) is 25.0. The van der Waals surface area contributed by atoms with E-state index in [0.717, 1.165) is 24.3 Å². The summed E-state index contributed by atoms with van der Waals surface area (Å²) in [5, 5.41) is 14.4. The van der Waals surface area contributed by atoms with Crippen LogP contribution in [0.2, 0.25) is 10.2 Å². The van der Waals surface area contributed by atoms with Gasteiger partial charge in [-0.2, -0.15) is 5.26 Å². The highest BCUT2D eigenvalue weighted by Gasteiger charge is 2.29. The standard InChI is InChI=1S/C23H24Cl2N6O/c1-12(2)18-19(13(3)5-6-28-18)31-22-15(9-17(24)21(25)29-22)20(16(10-26)23(31)32)30-8-7-27-11-14(30)4/h5-6,9,12,14,27H,7-8,11H2,1-4H3/t14-/m0/s1. The third-order valence-electron chi connectivity index (χ3n) is 5.86. The maximum absolute atomic E-state index is 13.9. The molecule has 1 aliphatic heterocycles. The highest BCUT2D eigenvalue weighted by atomic mass is 35.5.